The Morgan fingerprint density at radius 3 is 2.52 bits per heavy atom. The highest BCUT2D eigenvalue weighted by atomic mass is 32.1. The van der Waals surface area contributed by atoms with Crippen molar-refractivity contribution in [3.05, 3.63) is 52.5 Å². The molecule has 130 valence electrons. The van der Waals surface area contributed by atoms with Crippen LogP contribution in [0.4, 0.5) is 5.69 Å². The molecule has 1 aromatic carbocycles. The first-order valence-electron chi connectivity index (χ1n) is 9.21. The number of nitrogens with one attached hydrogen (secondary N) is 1. The second kappa shape index (κ2) is 4.32. The highest BCUT2D eigenvalue weighted by molar-refractivity contribution is 7.17. The van der Waals surface area contributed by atoms with Crippen LogP contribution >= 0.6 is 11.3 Å². The minimum absolute atomic E-state index is 0.0390. The van der Waals surface area contributed by atoms with Gasteiger partial charge < -0.3 is 9.88 Å². The van der Waals surface area contributed by atoms with Gasteiger partial charge in [0.2, 0.25) is 0 Å². The van der Waals surface area contributed by atoms with E-state index in [4.69, 9.17) is 0 Å². The molecular weight excluding hydrogens is 324 g/mol. The van der Waals surface area contributed by atoms with Gasteiger partial charge in [0.15, 0.2) is 0 Å². The smallest absolute Gasteiger partial charge is 0.0724 e. The molecule has 5 rings (SSSR count). The second-order valence-corrected chi connectivity index (χ2v) is 9.88. The number of rotatable bonds is 0. The Morgan fingerprint density at radius 1 is 1.04 bits per heavy atom. The Kier molecular flexibility index (Phi) is 2.68. The minimum atomic E-state index is -0.0390. The molecule has 0 saturated heterocycles. The van der Waals surface area contributed by atoms with Gasteiger partial charge in [-0.3, -0.25) is 0 Å². The van der Waals surface area contributed by atoms with Crippen LogP contribution in [0.25, 0.3) is 10.2 Å². The lowest BCUT2D eigenvalue weighted by Crippen LogP contribution is -2.61. The topological polar surface area (TPSA) is 19.0 Å². The van der Waals surface area contributed by atoms with E-state index >= 15 is 0 Å². The third kappa shape index (κ3) is 1.45. The molecule has 1 N–H and O–H groups in total. The summed E-state index contributed by atoms with van der Waals surface area (Å²) in [4.78, 5) is 6.44. The van der Waals surface area contributed by atoms with E-state index in [2.05, 4.69) is 87.1 Å². The summed E-state index contributed by atoms with van der Waals surface area (Å²) in [5.74, 6) is 0. The van der Waals surface area contributed by atoms with Gasteiger partial charge in [-0.2, -0.15) is 0 Å². The van der Waals surface area contributed by atoms with Crippen LogP contribution in [0.5, 0.6) is 0 Å². The summed E-state index contributed by atoms with van der Waals surface area (Å²) in [7, 11) is 0. The van der Waals surface area contributed by atoms with Crippen LogP contribution in [0.1, 0.15) is 64.4 Å². The molecule has 0 radical (unpaired) electrons. The van der Waals surface area contributed by atoms with Gasteiger partial charge >= 0.3 is 0 Å². The van der Waals surface area contributed by atoms with Gasteiger partial charge in [0, 0.05) is 22.4 Å². The van der Waals surface area contributed by atoms with Crippen molar-refractivity contribution >= 4 is 27.2 Å². The third-order valence-electron chi connectivity index (χ3n) is 7.82. The molecule has 2 nitrogen and oxygen atoms in total. The molecule has 2 atom stereocenters. The van der Waals surface area contributed by atoms with Gasteiger partial charge in [-0.1, -0.05) is 45.9 Å². The standard InChI is InChI=1S/C22H26N2S/c1-13-18-17(19-15(23-18)11-12-25-19)22(6)21(4,5)20(2,3)14-9-7-8-10-16(14)24(13)22/h7-13,23H,1-6H3. The monoisotopic (exact) mass is 350 g/mol. The fraction of sp³-hybridized carbons (Fsp3) is 0.455. The number of nitrogens with zero attached hydrogens (tertiary/aromatic N) is 1. The van der Waals surface area contributed by atoms with Gasteiger partial charge in [0.05, 0.1) is 21.8 Å². The zero-order chi connectivity index (χ0) is 17.8. The Morgan fingerprint density at radius 2 is 1.76 bits per heavy atom. The first-order valence-corrected chi connectivity index (χ1v) is 10.1. The van der Waals surface area contributed by atoms with Crippen LogP contribution in [-0.4, -0.2) is 4.98 Å². The molecule has 3 aromatic rings. The molecule has 2 unspecified atom stereocenters. The van der Waals surface area contributed by atoms with Gasteiger partial charge in [-0.15, -0.1) is 11.3 Å². The van der Waals surface area contributed by atoms with E-state index in [-0.39, 0.29) is 16.4 Å². The normalized spacial score (nSPS) is 28.7. The van der Waals surface area contributed by atoms with E-state index in [0.29, 0.717) is 6.04 Å². The van der Waals surface area contributed by atoms with Crippen LogP contribution in [-0.2, 0) is 11.0 Å². The number of thiophene rings is 1. The van der Waals surface area contributed by atoms with E-state index in [1.54, 1.807) is 0 Å². The Hall–Kier alpha value is -1.74. The Bertz CT molecular complexity index is 1010. The van der Waals surface area contributed by atoms with Crippen LogP contribution in [0.2, 0.25) is 0 Å². The maximum Gasteiger partial charge on any atom is 0.0724 e. The average molecular weight is 351 g/mol. The lowest BCUT2D eigenvalue weighted by atomic mass is 9.51. The molecule has 0 spiro atoms. The maximum atomic E-state index is 3.75. The number of fused-ring (bicyclic) bond motifs is 7. The molecular formula is C22H26N2S. The highest BCUT2D eigenvalue weighted by Crippen LogP contribution is 2.68. The summed E-state index contributed by atoms with van der Waals surface area (Å²) in [6, 6.07) is 11.6. The number of aromatic nitrogens is 1. The third-order valence-corrected chi connectivity index (χ3v) is 8.75. The minimum Gasteiger partial charge on any atom is -0.356 e. The summed E-state index contributed by atoms with van der Waals surface area (Å²) in [5.41, 5.74) is 7.22. The molecule has 4 heterocycles. The summed E-state index contributed by atoms with van der Waals surface area (Å²) < 4.78 is 1.44. The lowest BCUT2D eigenvalue weighted by molar-refractivity contribution is 0.0663. The molecule has 0 aliphatic carbocycles. The Labute approximate surface area is 153 Å². The van der Waals surface area contributed by atoms with Crippen LogP contribution in [0.15, 0.2) is 35.7 Å². The number of H-pyrrole nitrogens is 1. The zero-order valence-electron chi connectivity index (χ0n) is 15.9. The Balaban J connectivity index is 1.93. The van der Waals surface area contributed by atoms with Gasteiger partial charge in [0.25, 0.3) is 0 Å². The zero-order valence-corrected chi connectivity index (χ0v) is 16.7. The number of para-hydroxylation sites is 1. The highest BCUT2D eigenvalue weighted by Gasteiger charge is 2.64. The van der Waals surface area contributed by atoms with Crippen molar-refractivity contribution in [2.75, 3.05) is 4.90 Å². The van der Waals surface area contributed by atoms with Crippen molar-refractivity contribution in [2.24, 2.45) is 5.41 Å². The molecule has 0 fully saturated rings. The predicted molar refractivity (Wildman–Crippen MR) is 108 cm³/mol. The molecule has 2 aliphatic rings. The van der Waals surface area contributed by atoms with E-state index in [0.717, 1.165) is 0 Å². The van der Waals surface area contributed by atoms with Crippen LogP contribution in [0, 0.1) is 5.41 Å². The number of aromatic amines is 1. The molecule has 0 saturated carbocycles. The predicted octanol–water partition coefficient (Wildman–Crippen LogP) is 6.34. The van der Waals surface area contributed by atoms with Crippen molar-refractivity contribution < 1.29 is 0 Å². The van der Waals surface area contributed by atoms with E-state index in [1.807, 2.05) is 11.3 Å². The summed E-state index contributed by atoms with van der Waals surface area (Å²) in [6.45, 7) is 14.6. The average Bonchev–Trinajstić information content (AvgIpc) is 3.19. The summed E-state index contributed by atoms with van der Waals surface area (Å²) in [6.07, 6.45) is 0. The van der Waals surface area contributed by atoms with Gasteiger partial charge in [0.1, 0.15) is 0 Å². The van der Waals surface area contributed by atoms with Gasteiger partial charge in [-0.05, 0) is 42.3 Å². The van der Waals surface area contributed by atoms with Crippen molar-refractivity contribution in [2.45, 2.75) is 58.5 Å². The largest absolute Gasteiger partial charge is 0.356 e. The van der Waals surface area contributed by atoms with Crippen LogP contribution < -0.4 is 4.90 Å². The first kappa shape index (κ1) is 15.5. The molecule has 2 aliphatic heterocycles. The second-order valence-electron chi connectivity index (χ2n) is 8.96. The summed E-state index contributed by atoms with van der Waals surface area (Å²) in [5, 5.41) is 2.22. The maximum absolute atomic E-state index is 3.75. The SMILES string of the molecule is CC1c2[nH]c3ccsc3c2C2(C)N1c1ccccc1C(C)(C)C2(C)C. The van der Waals surface area contributed by atoms with Crippen molar-refractivity contribution in [1.82, 2.24) is 4.98 Å². The van der Waals surface area contributed by atoms with Crippen molar-refractivity contribution in [3.63, 3.8) is 0 Å². The van der Waals surface area contributed by atoms with E-state index < -0.39 is 0 Å². The van der Waals surface area contributed by atoms with Crippen molar-refractivity contribution in [1.29, 1.82) is 0 Å². The number of hydrogen-bond acceptors (Lipinski definition) is 2. The molecule has 0 bridgehead atoms. The fourth-order valence-corrected chi connectivity index (χ4v) is 6.60. The molecule has 0 amide bonds. The first-order chi connectivity index (χ1) is 11.7. The fourth-order valence-electron chi connectivity index (χ4n) is 5.59. The molecule has 2 aromatic heterocycles. The summed E-state index contributed by atoms with van der Waals surface area (Å²) >= 11 is 1.88. The number of benzene rings is 1. The molecule has 3 heteroatoms. The number of hydrogen-bond donors (Lipinski definition) is 1. The quantitative estimate of drug-likeness (QED) is 0.501. The van der Waals surface area contributed by atoms with Gasteiger partial charge in [-0.25, -0.2) is 0 Å². The van der Waals surface area contributed by atoms with Crippen molar-refractivity contribution in [3.8, 4) is 0 Å². The number of anilines is 1. The van der Waals surface area contributed by atoms with E-state index in [9.17, 15) is 0 Å². The lowest BCUT2D eigenvalue weighted by Gasteiger charge is -2.62. The van der Waals surface area contributed by atoms with Crippen LogP contribution in [0.3, 0.4) is 0 Å². The van der Waals surface area contributed by atoms with E-state index in [1.165, 1.54) is 32.7 Å². The molecule has 25 heavy (non-hydrogen) atoms.